The molecule has 0 aliphatic heterocycles. The molecule has 9 heteroatoms. The molecule has 0 aromatic carbocycles. The fourth-order valence-corrected chi connectivity index (χ4v) is 2.26. The van der Waals surface area contributed by atoms with Gasteiger partial charge in [0.05, 0.1) is 18.2 Å². The number of amides is 1. The van der Waals surface area contributed by atoms with E-state index < -0.39 is 17.6 Å². The van der Waals surface area contributed by atoms with Gasteiger partial charge in [-0.25, -0.2) is 9.78 Å². The second-order valence-corrected chi connectivity index (χ2v) is 5.15. The van der Waals surface area contributed by atoms with Gasteiger partial charge in [0.15, 0.2) is 0 Å². The summed E-state index contributed by atoms with van der Waals surface area (Å²) >= 11 is 11.8. The smallest absolute Gasteiger partial charge is 0.422 e. The minimum absolute atomic E-state index is 0.0691. The minimum atomic E-state index is -0.950. The van der Waals surface area contributed by atoms with E-state index in [0.717, 1.165) is 7.11 Å². The average molecular weight is 357 g/mol. The molecule has 0 aliphatic rings. The van der Waals surface area contributed by atoms with Crippen molar-refractivity contribution in [2.75, 3.05) is 20.7 Å². The molecule has 122 valence electrons. The number of halogens is 2. The number of methoxy groups -OCH3 is 1. The van der Waals surface area contributed by atoms with Gasteiger partial charge in [0, 0.05) is 13.6 Å². The Hall–Kier alpha value is -2.21. The van der Waals surface area contributed by atoms with Crippen LogP contribution in [-0.2, 0) is 9.53 Å². The Kier molecular flexibility index (Phi) is 6.90. The fraction of sp³-hybridized carbons (Fsp3) is 0.286. The van der Waals surface area contributed by atoms with Gasteiger partial charge in [-0.3, -0.25) is 4.79 Å². The lowest BCUT2D eigenvalue weighted by molar-refractivity contribution is -0.137. The van der Waals surface area contributed by atoms with Crippen LogP contribution in [0.15, 0.2) is 18.7 Å². The molecule has 0 atom stereocenters. The van der Waals surface area contributed by atoms with E-state index in [1.807, 2.05) is 0 Å². The topological polar surface area (TPSA) is 95.9 Å². The van der Waals surface area contributed by atoms with Crippen LogP contribution < -0.4 is 0 Å². The first-order valence-corrected chi connectivity index (χ1v) is 7.16. The van der Waals surface area contributed by atoms with Gasteiger partial charge < -0.3 is 15.2 Å². The van der Waals surface area contributed by atoms with Gasteiger partial charge >= 0.3 is 11.7 Å². The summed E-state index contributed by atoms with van der Waals surface area (Å²) in [4.78, 5) is 32.3. The van der Waals surface area contributed by atoms with E-state index in [0.29, 0.717) is 13.0 Å². The zero-order valence-electron chi connectivity index (χ0n) is 12.5. The monoisotopic (exact) mass is 356 g/mol. The van der Waals surface area contributed by atoms with Crippen molar-refractivity contribution in [3.05, 3.63) is 45.7 Å². The van der Waals surface area contributed by atoms with Gasteiger partial charge in [-0.2, -0.15) is 4.79 Å². The molecule has 0 saturated carbocycles. The predicted octanol–water partition coefficient (Wildman–Crippen LogP) is 2.23. The van der Waals surface area contributed by atoms with Gasteiger partial charge in [-0.15, -0.1) is 6.58 Å². The van der Waals surface area contributed by atoms with E-state index in [1.54, 1.807) is 13.1 Å². The molecule has 0 radical (unpaired) electrons. The van der Waals surface area contributed by atoms with E-state index in [2.05, 4.69) is 21.1 Å². The van der Waals surface area contributed by atoms with E-state index in [9.17, 15) is 9.59 Å². The maximum absolute atomic E-state index is 12.6. The Labute approximate surface area is 143 Å². The third kappa shape index (κ3) is 4.39. The van der Waals surface area contributed by atoms with Crippen LogP contribution in [0.5, 0.6) is 0 Å². The molecular weight excluding hydrogens is 343 g/mol. The highest BCUT2D eigenvalue weighted by Gasteiger charge is 2.33. The first kappa shape index (κ1) is 18.8. The molecule has 7 nitrogen and oxygen atoms in total. The highest BCUT2D eigenvalue weighted by atomic mass is 35.5. The van der Waals surface area contributed by atoms with Crippen LogP contribution in [0.4, 0.5) is 0 Å². The molecule has 0 bridgehead atoms. The van der Waals surface area contributed by atoms with Crippen LogP contribution in [0.1, 0.15) is 22.3 Å². The van der Waals surface area contributed by atoms with Crippen molar-refractivity contribution < 1.29 is 19.1 Å². The van der Waals surface area contributed by atoms with Crippen LogP contribution in [-0.4, -0.2) is 53.0 Å². The number of ether oxygens (including phenoxy) is 1. The van der Waals surface area contributed by atoms with E-state index in [-0.39, 0.29) is 21.4 Å². The molecule has 23 heavy (non-hydrogen) atoms. The summed E-state index contributed by atoms with van der Waals surface area (Å²) in [6.45, 7) is 3.96. The zero-order chi connectivity index (χ0) is 17.6. The van der Waals surface area contributed by atoms with Gasteiger partial charge in [0.2, 0.25) is 0 Å². The summed E-state index contributed by atoms with van der Waals surface area (Å²) in [7, 11) is 2.66. The lowest BCUT2D eigenvalue weighted by atomic mass is 10.0. The van der Waals surface area contributed by atoms with Crippen molar-refractivity contribution >= 4 is 40.8 Å². The lowest BCUT2D eigenvalue weighted by Crippen LogP contribution is -2.31. The number of carbonyl (C=O) groups excluding carboxylic acids is 2. The normalized spacial score (nSPS) is 9.74. The quantitative estimate of drug-likeness (QED) is 0.195. The molecule has 0 unspecified atom stereocenters. The van der Waals surface area contributed by atoms with Crippen molar-refractivity contribution in [3.8, 4) is 0 Å². The molecular formula is C14H14Cl2N4O3. The molecule has 0 fully saturated rings. The van der Waals surface area contributed by atoms with Crippen LogP contribution in [0.25, 0.3) is 5.53 Å². The molecule has 0 aliphatic carbocycles. The van der Waals surface area contributed by atoms with Crippen molar-refractivity contribution in [2.45, 2.75) is 6.42 Å². The van der Waals surface area contributed by atoms with Gasteiger partial charge in [-0.1, -0.05) is 29.3 Å². The molecule has 1 aromatic rings. The molecule has 1 amide bonds. The molecule has 0 spiro atoms. The summed E-state index contributed by atoms with van der Waals surface area (Å²) < 4.78 is 4.52. The third-order valence-electron chi connectivity index (χ3n) is 2.91. The molecule has 1 heterocycles. The van der Waals surface area contributed by atoms with Crippen LogP contribution in [0, 0.1) is 0 Å². The summed E-state index contributed by atoms with van der Waals surface area (Å²) in [5, 5.41) is -0.284. The van der Waals surface area contributed by atoms with E-state index in [1.165, 1.54) is 11.0 Å². The van der Waals surface area contributed by atoms with Crippen molar-refractivity contribution in [1.82, 2.24) is 9.88 Å². The number of pyridine rings is 1. The minimum Gasteiger partial charge on any atom is -0.460 e. The Bertz CT molecular complexity index is 700. The largest absolute Gasteiger partial charge is 0.460 e. The fourth-order valence-electron chi connectivity index (χ4n) is 1.75. The van der Waals surface area contributed by atoms with E-state index in [4.69, 9.17) is 28.7 Å². The molecule has 1 aromatic heterocycles. The van der Waals surface area contributed by atoms with Crippen LogP contribution >= 0.6 is 23.2 Å². The number of rotatable bonds is 6. The van der Waals surface area contributed by atoms with Crippen molar-refractivity contribution in [3.63, 3.8) is 0 Å². The average Bonchev–Trinajstić information content (AvgIpc) is 2.51. The van der Waals surface area contributed by atoms with Gasteiger partial charge in [-0.05, 0) is 12.5 Å². The highest BCUT2D eigenvalue weighted by Crippen LogP contribution is 2.24. The molecule has 0 saturated heterocycles. The summed E-state index contributed by atoms with van der Waals surface area (Å²) in [5.41, 5.74) is 8.41. The Morgan fingerprint density at radius 2 is 2.17 bits per heavy atom. The number of hydrogen-bond donors (Lipinski definition) is 0. The first-order valence-electron chi connectivity index (χ1n) is 6.40. The molecule has 0 N–H and O–H groups in total. The van der Waals surface area contributed by atoms with Crippen molar-refractivity contribution in [1.29, 1.82) is 0 Å². The zero-order valence-corrected chi connectivity index (χ0v) is 14.1. The third-order valence-corrected chi connectivity index (χ3v) is 3.37. The number of esters is 1. The standard InChI is InChI=1S/C14H14Cl2N4O3/c1-4-5-6-20(2)13(21)10-8(7-9(15)18-12(10)16)11(19-17)14(22)23-3/h4,7H,1,5-6H2,2-3H3. The Balaban J connectivity index is 3.47. The SMILES string of the molecule is C=CCCN(C)C(=O)c1c(C(=[N+]=[N-])C(=O)OC)cc(Cl)nc1Cl. The second-order valence-electron chi connectivity index (χ2n) is 4.40. The van der Waals surface area contributed by atoms with Gasteiger partial charge in [0.1, 0.15) is 10.3 Å². The van der Waals surface area contributed by atoms with Gasteiger partial charge in [0.25, 0.3) is 5.91 Å². The van der Waals surface area contributed by atoms with Crippen molar-refractivity contribution in [2.24, 2.45) is 0 Å². The Morgan fingerprint density at radius 3 is 2.70 bits per heavy atom. The highest BCUT2D eigenvalue weighted by molar-refractivity contribution is 6.44. The lowest BCUT2D eigenvalue weighted by Gasteiger charge is -2.18. The first-order chi connectivity index (χ1) is 10.9. The summed E-state index contributed by atoms with van der Waals surface area (Å²) in [6, 6.07) is 1.20. The Morgan fingerprint density at radius 1 is 1.52 bits per heavy atom. The summed E-state index contributed by atoms with van der Waals surface area (Å²) in [5.74, 6) is -1.46. The number of hydrogen-bond acceptors (Lipinski definition) is 4. The van der Waals surface area contributed by atoms with Crippen LogP contribution in [0.3, 0.4) is 0 Å². The maximum Gasteiger partial charge on any atom is 0.422 e. The maximum atomic E-state index is 12.6. The summed E-state index contributed by atoms with van der Waals surface area (Å²) in [6.07, 6.45) is 2.22. The second kappa shape index (κ2) is 8.43. The molecule has 1 rings (SSSR count). The predicted molar refractivity (Wildman–Crippen MR) is 85.8 cm³/mol. The number of nitrogens with zero attached hydrogens (tertiary/aromatic N) is 4. The number of carbonyl (C=O) groups is 2. The van der Waals surface area contributed by atoms with E-state index >= 15 is 0 Å². The number of aromatic nitrogens is 1. The van der Waals surface area contributed by atoms with Crippen LogP contribution in [0.2, 0.25) is 10.3 Å².